The van der Waals surface area contributed by atoms with Gasteiger partial charge in [-0.15, -0.1) is 0 Å². The van der Waals surface area contributed by atoms with Gasteiger partial charge in [0.2, 0.25) is 0 Å². The predicted octanol–water partition coefficient (Wildman–Crippen LogP) is 3.19. The van der Waals surface area contributed by atoms with Crippen molar-refractivity contribution in [3.63, 3.8) is 0 Å². The third-order valence-electron chi connectivity index (χ3n) is 4.14. The van der Waals surface area contributed by atoms with Gasteiger partial charge in [0.15, 0.2) is 16.4 Å². The molecule has 1 aliphatic heterocycles. The summed E-state index contributed by atoms with van der Waals surface area (Å²) in [5, 5.41) is 0. The Hall–Kier alpha value is -1.60. The second-order valence-electron chi connectivity index (χ2n) is 5.52. The second kappa shape index (κ2) is 5.89. The summed E-state index contributed by atoms with van der Waals surface area (Å²) in [7, 11) is 0. The zero-order valence-corrected chi connectivity index (χ0v) is 12.7. The number of hydrogen-bond acceptors (Lipinski definition) is 2. The number of nitrogens with zero attached hydrogens (tertiary/aromatic N) is 1. The maximum absolute atomic E-state index is 14.0. The van der Waals surface area contributed by atoms with Crippen molar-refractivity contribution in [1.29, 1.82) is 0 Å². The lowest BCUT2D eigenvalue weighted by atomic mass is 9.95. The minimum atomic E-state index is -1.10. The van der Waals surface area contributed by atoms with Gasteiger partial charge >= 0.3 is 0 Å². The number of fused-ring (bicyclic) bond motifs is 1. The van der Waals surface area contributed by atoms with Crippen LogP contribution in [0, 0.1) is 22.2 Å². The van der Waals surface area contributed by atoms with Crippen molar-refractivity contribution in [1.82, 2.24) is 9.55 Å². The number of hydrogen-bond donors (Lipinski definition) is 2. The van der Waals surface area contributed by atoms with E-state index in [4.69, 9.17) is 18.0 Å². The Kier molecular flexibility index (Phi) is 4.10. The van der Waals surface area contributed by atoms with Crippen molar-refractivity contribution in [3.05, 3.63) is 51.3 Å². The van der Waals surface area contributed by atoms with E-state index in [1.165, 1.54) is 0 Å². The van der Waals surface area contributed by atoms with Gasteiger partial charge in [-0.1, -0.05) is 0 Å². The number of halogens is 3. The van der Waals surface area contributed by atoms with Crippen LogP contribution >= 0.6 is 12.2 Å². The third-order valence-corrected chi connectivity index (χ3v) is 4.46. The molecule has 3 rings (SSSR count). The molecule has 3 N–H and O–H groups in total. The summed E-state index contributed by atoms with van der Waals surface area (Å²) in [6, 6.07) is 1.78. The first-order valence-electron chi connectivity index (χ1n) is 7.17. The van der Waals surface area contributed by atoms with E-state index in [1.54, 1.807) is 0 Å². The minimum Gasteiger partial charge on any atom is -0.334 e. The molecule has 1 aromatic carbocycles. The molecule has 0 spiro atoms. The van der Waals surface area contributed by atoms with Gasteiger partial charge in [-0.25, -0.2) is 13.2 Å². The molecule has 2 aromatic rings. The van der Waals surface area contributed by atoms with Crippen LogP contribution in [0.3, 0.4) is 0 Å². The third kappa shape index (κ3) is 2.48. The van der Waals surface area contributed by atoms with Crippen LogP contribution < -0.4 is 5.73 Å². The van der Waals surface area contributed by atoms with Crippen molar-refractivity contribution < 1.29 is 13.2 Å². The molecule has 0 radical (unpaired) electrons. The van der Waals surface area contributed by atoms with Crippen LogP contribution in [0.2, 0.25) is 0 Å². The van der Waals surface area contributed by atoms with Gasteiger partial charge in [0.05, 0.1) is 0 Å². The molecule has 0 saturated carbocycles. The zero-order valence-electron chi connectivity index (χ0n) is 11.8. The molecule has 0 aliphatic carbocycles. The predicted molar refractivity (Wildman–Crippen MR) is 79.8 cm³/mol. The fourth-order valence-corrected chi connectivity index (χ4v) is 3.40. The average molecular weight is 327 g/mol. The molecule has 118 valence electrons. The fraction of sp³-hybridized carbons (Fsp3) is 0.400. The van der Waals surface area contributed by atoms with Crippen LogP contribution in [-0.4, -0.2) is 16.1 Å². The Balaban J connectivity index is 1.95. The summed E-state index contributed by atoms with van der Waals surface area (Å²) in [5.41, 5.74) is 7.21. The van der Waals surface area contributed by atoms with E-state index in [0.29, 0.717) is 24.3 Å². The Morgan fingerprint density at radius 2 is 2.00 bits per heavy atom. The highest BCUT2D eigenvalue weighted by molar-refractivity contribution is 7.71. The molecular weight excluding hydrogens is 311 g/mol. The number of aromatic nitrogens is 2. The highest BCUT2D eigenvalue weighted by Crippen LogP contribution is 2.35. The van der Waals surface area contributed by atoms with Crippen LogP contribution in [-0.2, 0) is 19.4 Å². The number of imidazole rings is 1. The summed E-state index contributed by atoms with van der Waals surface area (Å²) < 4.78 is 43.7. The number of nitrogens with two attached hydrogens (primary N) is 1. The molecular formula is C15H16F3N3S. The van der Waals surface area contributed by atoms with Gasteiger partial charge in [-0.3, -0.25) is 0 Å². The van der Waals surface area contributed by atoms with E-state index < -0.39 is 23.4 Å². The summed E-state index contributed by atoms with van der Waals surface area (Å²) in [6.45, 7) is 0.909. The summed E-state index contributed by atoms with van der Waals surface area (Å²) in [4.78, 5) is 3.12. The van der Waals surface area contributed by atoms with Crippen molar-refractivity contribution in [3.8, 4) is 0 Å². The molecule has 0 fully saturated rings. The van der Waals surface area contributed by atoms with Crippen molar-refractivity contribution in [2.24, 2.45) is 5.73 Å². The van der Waals surface area contributed by atoms with E-state index in [9.17, 15) is 13.2 Å². The van der Waals surface area contributed by atoms with Crippen molar-refractivity contribution >= 4 is 12.2 Å². The molecule has 1 atom stereocenters. The van der Waals surface area contributed by atoms with Gasteiger partial charge in [0.25, 0.3) is 0 Å². The Labute approximate surface area is 131 Å². The topological polar surface area (TPSA) is 46.7 Å². The highest BCUT2D eigenvalue weighted by atomic mass is 32.1. The van der Waals surface area contributed by atoms with Crippen molar-refractivity contribution in [2.45, 2.75) is 31.7 Å². The van der Waals surface area contributed by atoms with Crippen LogP contribution in [0.1, 0.15) is 29.3 Å². The summed E-state index contributed by atoms with van der Waals surface area (Å²) in [5.74, 6) is -3.29. The maximum Gasteiger partial charge on any atom is 0.177 e. The van der Waals surface area contributed by atoms with Crippen LogP contribution in [0.4, 0.5) is 13.2 Å². The molecule has 1 unspecified atom stereocenters. The Morgan fingerprint density at radius 1 is 1.27 bits per heavy atom. The minimum absolute atomic E-state index is 0.192. The highest BCUT2D eigenvalue weighted by Gasteiger charge is 2.31. The first-order chi connectivity index (χ1) is 10.5. The van der Waals surface area contributed by atoms with E-state index in [0.717, 1.165) is 36.4 Å². The van der Waals surface area contributed by atoms with Gasteiger partial charge in [-0.2, -0.15) is 0 Å². The summed E-state index contributed by atoms with van der Waals surface area (Å²) >= 11 is 5.26. The molecule has 7 heteroatoms. The summed E-state index contributed by atoms with van der Waals surface area (Å²) in [6.07, 6.45) is 1.98. The van der Waals surface area contributed by atoms with E-state index in [1.807, 2.05) is 4.57 Å². The monoisotopic (exact) mass is 327 g/mol. The number of H-pyrrole nitrogens is 1. The molecule has 3 nitrogen and oxygen atoms in total. The number of aromatic amines is 1. The first-order valence-corrected chi connectivity index (χ1v) is 7.57. The smallest absolute Gasteiger partial charge is 0.177 e. The van der Waals surface area contributed by atoms with Crippen molar-refractivity contribution in [2.75, 3.05) is 6.54 Å². The van der Waals surface area contributed by atoms with Gasteiger partial charge in [-0.05, 0) is 50.2 Å². The fourth-order valence-electron chi connectivity index (χ4n) is 3.09. The lowest BCUT2D eigenvalue weighted by molar-refractivity contribution is 0.459. The maximum atomic E-state index is 14.0. The second-order valence-corrected chi connectivity index (χ2v) is 5.90. The van der Waals surface area contributed by atoms with Crippen LogP contribution in [0.5, 0.6) is 0 Å². The number of benzene rings is 1. The molecule has 1 aromatic heterocycles. The molecule has 22 heavy (non-hydrogen) atoms. The molecule has 1 aliphatic rings. The van der Waals surface area contributed by atoms with Gasteiger partial charge in [0.1, 0.15) is 5.82 Å². The van der Waals surface area contributed by atoms with Crippen LogP contribution in [0.25, 0.3) is 0 Å². The van der Waals surface area contributed by atoms with E-state index in [-0.39, 0.29) is 5.56 Å². The quantitative estimate of drug-likeness (QED) is 0.669. The molecule has 2 heterocycles. The molecule has 0 saturated heterocycles. The molecule has 0 amide bonds. The number of aryl methyl sites for hydroxylation is 1. The van der Waals surface area contributed by atoms with Gasteiger partial charge in [0, 0.05) is 29.4 Å². The Morgan fingerprint density at radius 3 is 2.73 bits per heavy atom. The Bertz CT molecular complexity index is 766. The molecule has 0 bridgehead atoms. The average Bonchev–Trinajstić information content (AvgIpc) is 3.03. The standard InChI is InChI=1S/C15H16F3N3S/c16-9-3-4-10(17)14(18)13(9)8-6-12-11(2-1-5-19)20-15(22)21(12)7-8/h3-4,8H,1-2,5-7,19H2,(H,20,22). The normalized spacial score (nSPS) is 17.0. The largest absolute Gasteiger partial charge is 0.334 e. The lowest BCUT2D eigenvalue weighted by Crippen LogP contribution is -2.09. The first kappa shape index (κ1) is 15.3. The van der Waals surface area contributed by atoms with E-state index in [2.05, 4.69) is 4.98 Å². The van der Waals surface area contributed by atoms with Crippen LogP contribution in [0.15, 0.2) is 12.1 Å². The van der Waals surface area contributed by atoms with E-state index >= 15 is 0 Å². The SMILES string of the molecule is NCCCc1[nH]c(=S)n2c1CC(c1c(F)ccc(F)c1F)C2. The van der Waals surface area contributed by atoms with Gasteiger partial charge < -0.3 is 15.3 Å². The zero-order chi connectivity index (χ0) is 15.9. The number of rotatable bonds is 4. The lowest BCUT2D eigenvalue weighted by Gasteiger charge is -2.12. The number of nitrogens with one attached hydrogen (secondary N) is 1.